The first-order valence-corrected chi connectivity index (χ1v) is 21.6. The topological polar surface area (TPSA) is 215 Å². The molecule has 0 saturated carbocycles. The number of anilines is 7. The maximum absolute atomic E-state index is 12.5. The molecular formula is C37H49N11O6S3. The number of unbranched alkanes of at least 4 members (excludes halogenated alkanes) is 1. The number of rotatable bonds is 20. The minimum atomic E-state index is -4.73. The van der Waals surface area contributed by atoms with E-state index in [1.165, 1.54) is 24.9 Å². The zero-order chi connectivity index (χ0) is 41.3. The number of hydrogen-bond acceptors (Lipinski definition) is 18. The van der Waals surface area contributed by atoms with Crippen LogP contribution >= 0.6 is 23.3 Å². The van der Waals surface area contributed by atoms with Crippen molar-refractivity contribution < 1.29 is 27.2 Å². The maximum atomic E-state index is 12.5. The van der Waals surface area contributed by atoms with Gasteiger partial charge in [0.2, 0.25) is 11.9 Å². The zero-order valence-corrected chi connectivity index (χ0v) is 35.7. The van der Waals surface area contributed by atoms with Crippen LogP contribution in [0.4, 0.5) is 51.0 Å². The van der Waals surface area contributed by atoms with Crippen molar-refractivity contribution in [2.24, 2.45) is 10.2 Å². The van der Waals surface area contributed by atoms with Crippen LogP contribution in [0.5, 0.6) is 17.2 Å². The second-order valence-corrected chi connectivity index (χ2v) is 15.5. The van der Waals surface area contributed by atoms with Crippen molar-refractivity contribution in [2.45, 2.75) is 57.5 Å². The summed E-state index contributed by atoms with van der Waals surface area (Å²) in [5.41, 5.74) is 10.3. The molecule has 0 aliphatic carbocycles. The van der Waals surface area contributed by atoms with Crippen molar-refractivity contribution in [3.05, 3.63) is 36.4 Å². The SMILES string of the molecule is CCCCSc1nc(Nc2cc(N(CC)CC)c(OC)cc2N)nc(Nc2cc(N(CC)CC)c(OC)cc2N=Nc2snc3ccc(OC)c(S(=O)(=O)O)c23)n1. The number of nitrogens with one attached hydrogen (secondary N) is 2. The van der Waals surface area contributed by atoms with E-state index in [1.54, 1.807) is 32.4 Å². The third-order valence-corrected chi connectivity index (χ3v) is 11.6. The maximum Gasteiger partial charge on any atom is 0.299 e. The Labute approximate surface area is 341 Å². The molecule has 0 fully saturated rings. The molecule has 5 N–H and O–H groups in total. The van der Waals surface area contributed by atoms with E-state index in [1.807, 2.05) is 26.0 Å². The number of ether oxygens (including phenoxy) is 3. The molecule has 0 atom stereocenters. The van der Waals surface area contributed by atoms with E-state index in [4.69, 9.17) is 34.9 Å². The minimum Gasteiger partial charge on any atom is -0.495 e. The largest absolute Gasteiger partial charge is 0.495 e. The molecule has 0 bridgehead atoms. The van der Waals surface area contributed by atoms with Crippen LogP contribution in [-0.2, 0) is 10.1 Å². The average Bonchev–Trinajstić information content (AvgIpc) is 3.61. The first-order valence-electron chi connectivity index (χ1n) is 18.4. The van der Waals surface area contributed by atoms with Crippen LogP contribution in [0.25, 0.3) is 10.9 Å². The van der Waals surface area contributed by atoms with Gasteiger partial charge in [0.05, 0.1) is 60.7 Å². The molecule has 2 aromatic heterocycles. The number of benzene rings is 3. The summed E-state index contributed by atoms with van der Waals surface area (Å²) in [6.07, 6.45) is 1.97. The summed E-state index contributed by atoms with van der Waals surface area (Å²) in [7, 11) is -0.236. The van der Waals surface area contributed by atoms with Crippen molar-refractivity contribution in [3.63, 3.8) is 0 Å². The van der Waals surface area contributed by atoms with Gasteiger partial charge in [-0.25, -0.2) is 0 Å². The van der Waals surface area contributed by atoms with Gasteiger partial charge in [-0.15, -0.1) is 10.2 Å². The first kappa shape index (κ1) is 43.0. The number of thioether (sulfide) groups is 1. The highest BCUT2D eigenvalue weighted by Gasteiger charge is 2.25. The van der Waals surface area contributed by atoms with Crippen molar-refractivity contribution in [1.29, 1.82) is 0 Å². The Bertz CT molecular complexity index is 2320. The lowest BCUT2D eigenvalue weighted by molar-refractivity contribution is 0.399. The van der Waals surface area contributed by atoms with Gasteiger partial charge in [0.15, 0.2) is 10.2 Å². The van der Waals surface area contributed by atoms with Gasteiger partial charge in [-0.1, -0.05) is 25.1 Å². The van der Waals surface area contributed by atoms with Crippen molar-refractivity contribution in [1.82, 2.24) is 19.3 Å². The van der Waals surface area contributed by atoms with E-state index >= 15 is 0 Å². The summed E-state index contributed by atoms with van der Waals surface area (Å²) in [6.45, 7) is 13.3. The third kappa shape index (κ3) is 9.86. The van der Waals surface area contributed by atoms with E-state index in [9.17, 15) is 13.0 Å². The van der Waals surface area contributed by atoms with Gasteiger partial charge in [0.1, 0.15) is 27.8 Å². The fraction of sp³-hybridized carbons (Fsp3) is 0.405. The highest BCUT2D eigenvalue weighted by molar-refractivity contribution is 7.99. The molecule has 0 aliphatic rings. The van der Waals surface area contributed by atoms with Crippen LogP contribution in [0.15, 0.2) is 56.7 Å². The molecule has 0 radical (unpaired) electrons. The van der Waals surface area contributed by atoms with Crippen molar-refractivity contribution >= 4 is 95.3 Å². The second-order valence-electron chi connectivity index (χ2n) is 12.4. The number of fused-ring (bicyclic) bond motifs is 1. The van der Waals surface area contributed by atoms with E-state index < -0.39 is 15.0 Å². The summed E-state index contributed by atoms with van der Waals surface area (Å²) < 4.78 is 56.3. The lowest BCUT2D eigenvalue weighted by Gasteiger charge is -2.25. The van der Waals surface area contributed by atoms with Crippen LogP contribution in [-0.4, -0.2) is 85.6 Å². The first-order chi connectivity index (χ1) is 27.4. The van der Waals surface area contributed by atoms with Crippen LogP contribution < -0.4 is 40.4 Å². The molecule has 5 rings (SSSR count). The van der Waals surface area contributed by atoms with Gasteiger partial charge < -0.3 is 40.4 Å². The number of aromatic nitrogens is 4. The fourth-order valence-corrected chi connectivity index (χ4v) is 8.58. The van der Waals surface area contributed by atoms with Gasteiger partial charge >= 0.3 is 0 Å². The minimum absolute atomic E-state index is 0.0539. The molecule has 0 spiro atoms. The fourth-order valence-electron chi connectivity index (χ4n) is 6.02. The molecule has 3 aromatic carbocycles. The normalized spacial score (nSPS) is 11.6. The number of nitrogens with zero attached hydrogens (tertiary/aromatic N) is 8. The summed E-state index contributed by atoms with van der Waals surface area (Å²) in [5, 5.41) is 16.4. The van der Waals surface area contributed by atoms with Crippen LogP contribution in [0, 0.1) is 0 Å². The molecule has 17 nitrogen and oxygen atoms in total. The molecular weight excluding hydrogens is 791 g/mol. The summed E-state index contributed by atoms with van der Waals surface area (Å²) in [6, 6.07) is 10.3. The van der Waals surface area contributed by atoms with Gasteiger partial charge in [-0.2, -0.15) is 27.7 Å². The van der Waals surface area contributed by atoms with E-state index in [0.717, 1.165) is 54.6 Å². The van der Waals surface area contributed by atoms with Crippen LogP contribution in [0.3, 0.4) is 0 Å². The highest BCUT2D eigenvalue weighted by atomic mass is 32.2. The molecule has 306 valence electrons. The van der Waals surface area contributed by atoms with E-state index in [2.05, 4.69) is 55.8 Å². The molecule has 0 saturated heterocycles. The lowest BCUT2D eigenvalue weighted by Crippen LogP contribution is -2.22. The van der Waals surface area contributed by atoms with E-state index in [0.29, 0.717) is 58.0 Å². The number of hydrogen-bond donors (Lipinski definition) is 4. The number of azo groups is 1. The number of methoxy groups -OCH3 is 3. The monoisotopic (exact) mass is 839 g/mol. The number of nitrogens with two attached hydrogens (primary N) is 1. The Morgan fingerprint density at radius 3 is 1.95 bits per heavy atom. The Balaban J connectivity index is 1.64. The quantitative estimate of drug-likeness (QED) is 0.0189. The molecule has 0 unspecified atom stereocenters. The van der Waals surface area contributed by atoms with Crippen LogP contribution in [0.2, 0.25) is 0 Å². The predicted octanol–water partition coefficient (Wildman–Crippen LogP) is 8.82. The van der Waals surface area contributed by atoms with Gasteiger partial charge in [0.25, 0.3) is 10.1 Å². The average molecular weight is 840 g/mol. The molecule has 5 aromatic rings. The van der Waals surface area contributed by atoms with E-state index in [-0.39, 0.29) is 28.0 Å². The van der Waals surface area contributed by atoms with Gasteiger partial charge in [-0.3, -0.25) is 4.55 Å². The molecule has 57 heavy (non-hydrogen) atoms. The molecule has 0 amide bonds. The summed E-state index contributed by atoms with van der Waals surface area (Å²) in [5.74, 6) is 2.40. The smallest absolute Gasteiger partial charge is 0.299 e. The molecule has 0 aliphatic heterocycles. The zero-order valence-electron chi connectivity index (χ0n) is 33.3. The molecule has 2 heterocycles. The Morgan fingerprint density at radius 2 is 1.39 bits per heavy atom. The van der Waals surface area contributed by atoms with Crippen molar-refractivity contribution in [3.8, 4) is 17.2 Å². The van der Waals surface area contributed by atoms with Gasteiger partial charge in [-0.05, 0) is 69.9 Å². The number of nitrogen functional groups attached to an aromatic ring is 1. The predicted molar refractivity (Wildman–Crippen MR) is 230 cm³/mol. The van der Waals surface area contributed by atoms with Crippen molar-refractivity contribution in [2.75, 3.05) is 79.4 Å². The van der Waals surface area contributed by atoms with Crippen LogP contribution in [0.1, 0.15) is 47.5 Å². The Kier molecular flexibility index (Phi) is 14.6. The summed E-state index contributed by atoms with van der Waals surface area (Å²) >= 11 is 2.43. The summed E-state index contributed by atoms with van der Waals surface area (Å²) in [4.78, 5) is 18.1. The second kappa shape index (κ2) is 19.3. The molecule has 20 heteroatoms. The standard InChI is InChI=1S/C37H49N11O6S3/c1-9-14-17-55-37-42-35(39-24-19-27(47(10-2)11-3)30(53-7)18-22(24)38)41-36(43-37)40-25-20-28(48(12-4)13-5)31(54-8)21-26(25)44-45-34-32-23(46-56-34)15-16-29(52-6)33(32)57(49,50)51/h15-16,18-21H,9-14,17,38H2,1-8H3,(H,49,50,51)(H2,39,40,41,42,43). The Hall–Kier alpha value is -5.18. The van der Waals surface area contributed by atoms with Gasteiger partial charge in [0, 0.05) is 44.1 Å². The Morgan fingerprint density at radius 1 is 0.807 bits per heavy atom. The highest BCUT2D eigenvalue weighted by Crippen LogP contribution is 2.44. The lowest BCUT2D eigenvalue weighted by atomic mass is 10.2. The third-order valence-electron chi connectivity index (χ3n) is 8.96.